The summed E-state index contributed by atoms with van der Waals surface area (Å²) in [6, 6.07) is 10.6. The first-order chi connectivity index (χ1) is 18.3. The SMILES string of the molecule is COc1ccc(C(=O)O)cc1S(=O)(=O)n1c([S+]([O-])Cc2nccc(OCC(F)(F)F)c2C)nc2ccccc21.[Na]. The van der Waals surface area contributed by atoms with Crippen LogP contribution in [0.2, 0.25) is 0 Å². The van der Waals surface area contributed by atoms with Gasteiger partial charge in [-0.05, 0) is 43.3 Å². The van der Waals surface area contributed by atoms with Gasteiger partial charge in [0.05, 0.1) is 29.4 Å². The molecule has 0 spiro atoms. The second kappa shape index (κ2) is 12.4. The van der Waals surface area contributed by atoms with Crippen molar-refractivity contribution in [1.82, 2.24) is 13.9 Å². The molecule has 1 radical (unpaired) electrons. The smallest absolute Gasteiger partial charge is 0.422 e. The third-order valence-electron chi connectivity index (χ3n) is 5.54. The minimum absolute atomic E-state index is 0. The van der Waals surface area contributed by atoms with Crippen LogP contribution in [0.15, 0.2) is 64.8 Å². The molecule has 1 atom stereocenters. The summed E-state index contributed by atoms with van der Waals surface area (Å²) in [4.78, 5) is 19.4. The molecule has 0 aliphatic rings. The van der Waals surface area contributed by atoms with Crippen LogP contribution in [-0.4, -0.2) is 87.4 Å². The fourth-order valence-corrected chi connectivity index (χ4v) is 6.91. The number of carbonyl (C=O) groups is 1. The van der Waals surface area contributed by atoms with Crippen molar-refractivity contribution >= 4 is 67.8 Å². The molecule has 0 aliphatic carbocycles. The normalized spacial score (nSPS) is 12.6. The summed E-state index contributed by atoms with van der Waals surface area (Å²) in [6.07, 6.45) is -3.38. The van der Waals surface area contributed by atoms with Gasteiger partial charge in [-0.1, -0.05) is 12.1 Å². The number of nitrogens with zero attached hydrogens (tertiary/aromatic N) is 3. The third-order valence-corrected chi connectivity index (χ3v) is 8.60. The van der Waals surface area contributed by atoms with Crippen LogP contribution in [0.3, 0.4) is 0 Å². The van der Waals surface area contributed by atoms with Gasteiger partial charge >= 0.3 is 17.3 Å². The average Bonchev–Trinajstić information content (AvgIpc) is 3.29. The number of pyridine rings is 1. The number of rotatable bonds is 9. The Morgan fingerprint density at radius 1 is 1.15 bits per heavy atom. The van der Waals surface area contributed by atoms with Crippen molar-refractivity contribution in [2.75, 3.05) is 13.7 Å². The van der Waals surface area contributed by atoms with Gasteiger partial charge in [0, 0.05) is 52.5 Å². The number of ether oxygens (including phenoxy) is 2. The molecule has 0 bridgehead atoms. The van der Waals surface area contributed by atoms with E-state index in [1.165, 1.54) is 50.6 Å². The number of para-hydroxylation sites is 2. The molecule has 4 aromatic rings. The van der Waals surface area contributed by atoms with Crippen molar-refractivity contribution < 1.29 is 45.5 Å². The third kappa shape index (κ3) is 6.56. The zero-order chi connectivity index (χ0) is 28.5. The van der Waals surface area contributed by atoms with Gasteiger partial charge in [0.25, 0.3) is 10.0 Å². The van der Waals surface area contributed by atoms with Crippen molar-refractivity contribution in [3.8, 4) is 11.5 Å². The van der Waals surface area contributed by atoms with Crippen molar-refractivity contribution in [3.05, 3.63) is 71.5 Å². The van der Waals surface area contributed by atoms with E-state index in [9.17, 15) is 36.0 Å². The molecule has 16 heteroatoms. The van der Waals surface area contributed by atoms with E-state index in [-0.39, 0.29) is 68.9 Å². The number of imidazole rings is 1. The number of alkyl halides is 3. The zero-order valence-corrected chi connectivity index (χ0v) is 24.9. The maximum atomic E-state index is 13.9. The Bertz CT molecular complexity index is 1660. The summed E-state index contributed by atoms with van der Waals surface area (Å²) in [5, 5.41) is 8.99. The zero-order valence-electron chi connectivity index (χ0n) is 21.3. The number of methoxy groups -OCH3 is 1. The average molecular weight is 607 g/mol. The Morgan fingerprint density at radius 2 is 1.85 bits per heavy atom. The molecule has 0 aliphatic heterocycles. The van der Waals surface area contributed by atoms with E-state index in [1.807, 2.05) is 0 Å². The molecule has 10 nitrogen and oxygen atoms in total. The summed E-state index contributed by atoms with van der Waals surface area (Å²) < 4.78 is 90.0. The number of benzene rings is 2. The molecule has 2 aromatic heterocycles. The standard InChI is InChI=1S/C24H20F3N3O7S2.Na/c1-14-17(28-10-9-19(14)37-13-24(25,26)27)12-38(33)23-29-16-5-3-4-6-18(16)30(23)39(34,35)21-11-15(22(31)32)7-8-20(21)36-2;/h3-11H,12-13H2,1-2H3,(H,31,32);. The van der Waals surface area contributed by atoms with E-state index >= 15 is 0 Å². The monoisotopic (exact) mass is 606 g/mol. The number of aromatic nitrogens is 3. The number of carboxylic acids is 1. The van der Waals surface area contributed by atoms with E-state index in [2.05, 4.69) is 9.97 Å². The largest absolute Gasteiger partial charge is 0.609 e. The van der Waals surface area contributed by atoms with E-state index in [0.717, 1.165) is 10.0 Å². The number of hydrogen-bond acceptors (Lipinski definition) is 8. The van der Waals surface area contributed by atoms with Crippen LogP contribution < -0.4 is 9.47 Å². The first-order valence-corrected chi connectivity index (χ1v) is 13.8. The summed E-state index contributed by atoms with van der Waals surface area (Å²) in [7, 11) is -3.42. The number of aromatic carboxylic acids is 1. The molecule has 4 rings (SSSR count). The van der Waals surface area contributed by atoms with Gasteiger partial charge in [-0.2, -0.15) is 22.1 Å². The van der Waals surface area contributed by atoms with Crippen molar-refractivity contribution in [3.63, 3.8) is 0 Å². The Kier molecular flexibility index (Phi) is 9.80. The molecule has 40 heavy (non-hydrogen) atoms. The number of fused-ring (bicyclic) bond motifs is 1. The Balaban J connectivity index is 0.00000441. The Labute approximate surface area is 251 Å². The maximum absolute atomic E-state index is 13.9. The molecule has 2 aromatic carbocycles. The minimum atomic E-state index is -4.63. The second-order valence-corrected chi connectivity index (χ2v) is 11.2. The summed E-state index contributed by atoms with van der Waals surface area (Å²) >= 11 is -2.19. The van der Waals surface area contributed by atoms with Crippen LogP contribution in [0.25, 0.3) is 11.0 Å². The van der Waals surface area contributed by atoms with Crippen LogP contribution in [0.4, 0.5) is 13.2 Å². The van der Waals surface area contributed by atoms with Gasteiger partial charge in [-0.3, -0.25) is 4.98 Å². The van der Waals surface area contributed by atoms with E-state index < -0.39 is 55.8 Å². The molecule has 1 N–H and O–H groups in total. The van der Waals surface area contributed by atoms with Gasteiger partial charge in [0.2, 0.25) is 0 Å². The van der Waals surface area contributed by atoms with Crippen LogP contribution >= 0.6 is 0 Å². The molecular weight excluding hydrogens is 586 g/mol. The van der Waals surface area contributed by atoms with Crippen LogP contribution in [-0.2, 0) is 27.0 Å². The van der Waals surface area contributed by atoms with Gasteiger partial charge < -0.3 is 19.1 Å². The van der Waals surface area contributed by atoms with Crippen molar-refractivity contribution in [2.45, 2.75) is 28.9 Å². The van der Waals surface area contributed by atoms with Gasteiger partial charge in [0.15, 0.2) is 12.4 Å². The van der Waals surface area contributed by atoms with Crippen molar-refractivity contribution in [1.29, 1.82) is 0 Å². The van der Waals surface area contributed by atoms with Crippen LogP contribution in [0.1, 0.15) is 21.6 Å². The molecule has 0 saturated heterocycles. The first kappa shape index (κ1) is 31.7. The minimum Gasteiger partial charge on any atom is -0.609 e. The van der Waals surface area contributed by atoms with E-state index in [0.29, 0.717) is 0 Å². The summed E-state index contributed by atoms with van der Waals surface area (Å²) in [5.74, 6) is -2.05. The second-order valence-electron chi connectivity index (χ2n) is 8.10. The topological polar surface area (TPSA) is 144 Å². The molecule has 0 fully saturated rings. The van der Waals surface area contributed by atoms with Crippen molar-refractivity contribution in [2.24, 2.45) is 0 Å². The van der Waals surface area contributed by atoms with E-state index in [1.54, 1.807) is 12.1 Å². The summed E-state index contributed by atoms with van der Waals surface area (Å²) in [6.45, 7) is -0.0983. The fourth-order valence-electron chi connectivity index (χ4n) is 3.68. The van der Waals surface area contributed by atoms with Gasteiger partial charge in [0.1, 0.15) is 16.4 Å². The molecule has 0 amide bonds. The number of carboxylic acid groups (broad SMARTS) is 1. The predicted molar refractivity (Wildman–Crippen MR) is 139 cm³/mol. The Hall–Kier alpha value is -2.82. The molecule has 2 heterocycles. The van der Waals surface area contributed by atoms with Crippen LogP contribution in [0, 0.1) is 6.92 Å². The Morgan fingerprint density at radius 3 is 2.50 bits per heavy atom. The number of hydrogen-bond donors (Lipinski definition) is 1. The van der Waals surface area contributed by atoms with Gasteiger partial charge in [-0.25, -0.2) is 13.2 Å². The molecule has 0 saturated carbocycles. The van der Waals surface area contributed by atoms with Gasteiger partial charge in [-0.15, -0.1) is 0 Å². The number of halogens is 3. The molecular formula is C24H20F3N3NaO7S2. The fraction of sp³-hybridized carbons (Fsp3) is 0.208. The predicted octanol–water partition coefficient (Wildman–Crippen LogP) is 3.55. The molecule has 1 unspecified atom stereocenters. The molecule has 207 valence electrons. The summed E-state index contributed by atoms with van der Waals surface area (Å²) in [5.41, 5.74) is 0.225. The van der Waals surface area contributed by atoms with Crippen LogP contribution in [0.5, 0.6) is 11.5 Å². The first-order valence-electron chi connectivity index (χ1n) is 11.0. The van der Waals surface area contributed by atoms with E-state index in [4.69, 9.17) is 9.47 Å². The maximum Gasteiger partial charge on any atom is 0.422 e. The quantitative estimate of drug-likeness (QED) is 0.223.